The van der Waals surface area contributed by atoms with Crippen LogP contribution in [0.4, 0.5) is 0 Å². The number of hydrogen-bond acceptors (Lipinski definition) is 7. The third-order valence-corrected chi connectivity index (χ3v) is 8.31. The lowest BCUT2D eigenvalue weighted by atomic mass is 9.91. The van der Waals surface area contributed by atoms with E-state index in [1.54, 1.807) is 35.4 Å². The molecule has 0 saturated carbocycles. The maximum absolute atomic E-state index is 12.6. The molecule has 0 radical (unpaired) electrons. The number of ether oxygens (including phenoxy) is 1. The van der Waals surface area contributed by atoms with E-state index in [0.29, 0.717) is 10.6 Å². The van der Waals surface area contributed by atoms with Crippen molar-refractivity contribution in [1.82, 2.24) is 24.7 Å². The van der Waals surface area contributed by atoms with Gasteiger partial charge in [0.15, 0.2) is 6.10 Å². The van der Waals surface area contributed by atoms with E-state index >= 15 is 0 Å². The lowest BCUT2D eigenvalue weighted by Crippen LogP contribution is -2.28. The Kier molecular flexibility index (Phi) is 7.04. The molecule has 1 N–H and O–H groups in total. The van der Waals surface area contributed by atoms with E-state index in [-0.39, 0.29) is 0 Å². The molecule has 0 aliphatic carbocycles. The standard InChI is InChI=1S/C32H28ClN5O3S/c1-17-12-23-29(27(18-6-8-21(33)9-7-18)26(17)28(31(39)40)41-32(2,3)4)42-30(37-23)19-10-11-34-22(13-19)20-14-25-24(35-15-20)16-36-38(25)5/h6-16,28H,1-5H3,(H,39,40)/t28-/m0/s1. The Bertz CT molecular complexity index is 1980. The van der Waals surface area contributed by atoms with Crippen molar-refractivity contribution in [3.05, 3.63) is 83.3 Å². The van der Waals surface area contributed by atoms with E-state index in [9.17, 15) is 9.90 Å². The maximum Gasteiger partial charge on any atom is 0.337 e. The normalized spacial score (nSPS) is 12.7. The van der Waals surface area contributed by atoms with Crippen molar-refractivity contribution >= 4 is 50.2 Å². The number of hydrogen-bond donors (Lipinski definition) is 1. The number of aryl methyl sites for hydroxylation is 2. The number of carboxylic acids is 1. The van der Waals surface area contributed by atoms with Crippen LogP contribution >= 0.6 is 22.9 Å². The first kappa shape index (κ1) is 28.0. The number of aliphatic carboxylic acids is 1. The van der Waals surface area contributed by atoms with Gasteiger partial charge in [-0.25, -0.2) is 9.78 Å². The third kappa shape index (κ3) is 5.27. The summed E-state index contributed by atoms with van der Waals surface area (Å²) in [6.45, 7) is 7.46. The van der Waals surface area contributed by atoms with Gasteiger partial charge < -0.3 is 9.84 Å². The molecule has 0 spiro atoms. The van der Waals surface area contributed by atoms with Crippen molar-refractivity contribution in [2.75, 3.05) is 0 Å². The minimum Gasteiger partial charge on any atom is -0.479 e. The summed E-state index contributed by atoms with van der Waals surface area (Å²) < 4.78 is 8.78. The van der Waals surface area contributed by atoms with E-state index in [2.05, 4.69) is 15.1 Å². The number of nitrogens with zero attached hydrogens (tertiary/aromatic N) is 5. The molecule has 4 heterocycles. The lowest BCUT2D eigenvalue weighted by Gasteiger charge is -2.28. The highest BCUT2D eigenvalue weighted by molar-refractivity contribution is 7.22. The fourth-order valence-corrected chi connectivity index (χ4v) is 6.30. The van der Waals surface area contributed by atoms with Gasteiger partial charge in [-0.2, -0.15) is 5.10 Å². The van der Waals surface area contributed by atoms with Crippen LogP contribution in [-0.2, 0) is 16.6 Å². The average Bonchev–Trinajstić information content (AvgIpc) is 3.54. The second-order valence-corrected chi connectivity index (χ2v) is 12.6. The van der Waals surface area contributed by atoms with Crippen LogP contribution in [0.2, 0.25) is 5.02 Å². The van der Waals surface area contributed by atoms with Crippen molar-refractivity contribution in [3.63, 3.8) is 0 Å². The van der Waals surface area contributed by atoms with Gasteiger partial charge in [-0.15, -0.1) is 11.3 Å². The first-order valence-corrected chi connectivity index (χ1v) is 14.5. The second kappa shape index (κ2) is 10.6. The van der Waals surface area contributed by atoms with E-state index in [1.807, 2.05) is 71.1 Å². The molecule has 0 amide bonds. The van der Waals surface area contributed by atoms with Gasteiger partial charge in [0.2, 0.25) is 0 Å². The summed E-state index contributed by atoms with van der Waals surface area (Å²) in [5, 5.41) is 16.0. The van der Waals surface area contributed by atoms with Gasteiger partial charge in [0.25, 0.3) is 0 Å². The number of fused-ring (bicyclic) bond motifs is 2. The lowest BCUT2D eigenvalue weighted by molar-refractivity contribution is -0.160. The van der Waals surface area contributed by atoms with Crippen molar-refractivity contribution in [2.45, 2.75) is 39.4 Å². The molecule has 8 nitrogen and oxygen atoms in total. The van der Waals surface area contributed by atoms with Gasteiger partial charge in [0.1, 0.15) is 10.5 Å². The van der Waals surface area contributed by atoms with Crippen molar-refractivity contribution in [1.29, 1.82) is 0 Å². The summed E-state index contributed by atoms with van der Waals surface area (Å²) in [5.41, 5.74) is 7.38. The third-order valence-electron chi connectivity index (χ3n) is 6.92. The predicted octanol–water partition coefficient (Wildman–Crippen LogP) is 7.88. The van der Waals surface area contributed by atoms with Crippen LogP contribution in [0.1, 0.15) is 38.0 Å². The molecule has 0 fully saturated rings. The number of benzene rings is 2. The van der Waals surface area contributed by atoms with Gasteiger partial charge in [-0.05, 0) is 75.2 Å². The Labute approximate surface area is 251 Å². The molecule has 212 valence electrons. The van der Waals surface area contributed by atoms with Crippen molar-refractivity contribution < 1.29 is 14.6 Å². The molecule has 0 aliphatic heterocycles. The molecule has 6 rings (SSSR count). The number of thiazole rings is 1. The van der Waals surface area contributed by atoms with Crippen LogP contribution in [0.15, 0.2) is 67.1 Å². The minimum absolute atomic E-state index is 0.595. The van der Waals surface area contributed by atoms with Gasteiger partial charge in [0.05, 0.1) is 33.2 Å². The van der Waals surface area contributed by atoms with E-state index in [1.165, 1.54) is 11.3 Å². The Morgan fingerprint density at radius 2 is 1.76 bits per heavy atom. The quantitative estimate of drug-likeness (QED) is 0.208. The van der Waals surface area contributed by atoms with Gasteiger partial charge in [-0.1, -0.05) is 23.7 Å². The summed E-state index contributed by atoms with van der Waals surface area (Å²) in [7, 11) is 1.88. The van der Waals surface area contributed by atoms with E-state index in [0.717, 1.165) is 59.8 Å². The minimum atomic E-state index is -1.17. The van der Waals surface area contributed by atoms with Crippen LogP contribution < -0.4 is 0 Å². The fourth-order valence-electron chi connectivity index (χ4n) is 5.05. The molecule has 0 aliphatic rings. The highest BCUT2D eigenvalue weighted by atomic mass is 35.5. The topological polar surface area (TPSA) is 103 Å². The summed E-state index contributed by atoms with van der Waals surface area (Å²) in [6.07, 6.45) is 4.12. The zero-order chi connectivity index (χ0) is 29.8. The predicted molar refractivity (Wildman–Crippen MR) is 167 cm³/mol. The summed E-state index contributed by atoms with van der Waals surface area (Å²) in [6, 6.07) is 15.3. The fraction of sp³-hybridized carbons (Fsp3) is 0.219. The van der Waals surface area contributed by atoms with Gasteiger partial charge in [0, 0.05) is 46.7 Å². The molecule has 1 atom stereocenters. The SMILES string of the molecule is Cc1cc2nc(-c3ccnc(-c4cnc5cnn(C)c5c4)c3)sc2c(-c2ccc(Cl)cc2)c1[C@H](OC(C)(C)C)C(=O)O. The number of pyridine rings is 2. The molecular formula is C32H28ClN5O3S. The maximum atomic E-state index is 12.6. The Hall–Kier alpha value is -4.18. The number of aromatic nitrogens is 5. The van der Waals surface area contributed by atoms with Gasteiger partial charge >= 0.3 is 5.97 Å². The number of rotatable bonds is 6. The molecule has 10 heteroatoms. The van der Waals surface area contributed by atoms with Crippen LogP contribution in [0.5, 0.6) is 0 Å². The molecule has 4 aromatic heterocycles. The smallest absolute Gasteiger partial charge is 0.337 e. The van der Waals surface area contributed by atoms with Crippen LogP contribution in [0, 0.1) is 6.92 Å². The molecule has 0 saturated heterocycles. The zero-order valence-electron chi connectivity index (χ0n) is 23.7. The Balaban J connectivity index is 1.53. The molecule has 6 aromatic rings. The van der Waals surface area contributed by atoms with Crippen LogP contribution in [0.3, 0.4) is 0 Å². The first-order chi connectivity index (χ1) is 20.0. The summed E-state index contributed by atoms with van der Waals surface area (Å²) in [4.78, 5) is 26.8. The molecule has 2 aromatic carbocycles. The number of carboxylic acid groups (broad SMARTS) is 1. The van der Waals surface area contributed by atoms with Crippen molar-refractivity contribution in [3.8, 4) is 33.0 Å². The largest absolute Gasteiger partial charge is 0.479 e. The number of halogens is 1. The van der Waals surface area contributed by atoms with E-state index in [4.69, 9.17) is 21.3 Å². The van der Waals surface area contributed by atoms with Crippen LogP contribution in [-0.4, -0.2) is 41.4 Å². The van der Waals surface area contributed by atoms with Gasteiger partial charge in [-0.3, -0.25) is 14.6 Å². The molecule has 0 bridgehead atoms. The number of carbonyl (C=O) groups is 1. The highest BCUT2D eigenvalue weighted by Gasteiger charge is 2.32. The first-order valence-electron chi connectivity index (χ1n) is 13.3. The Morgan fingerprint density at radius 3 is 2.48 bits per heavy atom. The zero-order valence-corrected chi connectivity index (χ0v) is 25.3. The van der Waals surface area contributed by atoms with Crippen LogP contribution in [0.25, 0.3) is 54.2 Å². The summed E-state index contributed by atoms with van der Waals surface area (Å²) >= 11 is 7.73. The molecular weight excluding hydrogens is 570 g/mol. The Morgan fingerprint density at radius 1 is 1.00 bits per heavy atom. The summed E-state index contributed by atoms with van der Waals surface area (Å²) in [5.74, 6) is -1.05. The second-order valence-electron chi connectivity index (χ2n) is 11.1. The highest BCUT2D eigenvalue weighted by Crippen LogP contribution is 2.44. The monoisotopic (exact) mass is 597 g/mol. The van der Waals surface area contributed by atoms with E-state index < -0.39 is 17.7 Å². The molecule has 0 unspecified atom stereocenters. The van der Waals surface area contributed by atoms with Crippen molar-refractivity contribution in [2.24, 2.45) is 7.05 Å². The molecule has 42 heavy (non-hydrogen) atoms. The average molecular weight is 598 g/mol.